The van der Waals surface area contributed by atoms with Crippen molar-refractivity contribution < 1.29 is 31.2 Å². The van der Waals surface area contributed by atoms with Crippen LogP contribution in [0.4, 0.5) is 18.9 Å². The van der Waals surface area contributed by atoms with Gasteiger partial charge < -0.3 is 10.2 Å². The molecule has 226 valence electrons. The number of hydrogen-bond donors (Lipinski definition) is 1. The Kier molecular flexibility index (Phi) is 11.6. The van der Waals surface area contributed by atoms with Crippen molar-refractivity contribution in [3.63, 3.8) is 0 Å². The molecule has 3 aromatic carbocycles. The molecule has 0 saturated carbocycles. The van der Waals surface area contributed by atoms with Gasteiger partial charge in [0.2, 0.25) is 21.8 Å². The fourth-order valence-corrected chi connectivity index (χ4v) is 5.39. The van der Waals surface area contributed by atoms with Gasteiger partial charge in [-0.05, 0) is 36.1 Å². The van der Waals surface area contributed by atoms with Gasteiger partial charge in [-0.25, -0.2) is 21.6 Å². The van der Waals surface area contributed by atoms with E-state index in [1.807, 2.05) is 44.2 Å². The lowest BCUT2D eigenvalue weighted by molar-refractivity contribution is -0.141. The van der Waals surface area contributed by atoms with Gasteiger partial charge in [-0.1, -0.05) is 62.4 Å². The van der Waals surface area contributed by atoms with Gasteiger partial charge in [0.15, 0.2) is 11.6 Å². The Morgan fingerprint density at radius 1 is 0.881 bits per heavy atom. The van der Waals surface area contributed by atoms with Crippen molar-refractivity contribution in [3.05, 3.63) is 101 Å². The molecular weight excluding hydrogens is 567 g/mol. The molecule has 0 aliphatic heterocycles. The van der Waals surface area contributed by atoms with Crippen molar-refractivity contribution in [3.8, 4) is 0 Å². The molecule has 0 aliphatic carbocycles. The molecule has 11 heteroatoms. The van der Waals surface area contributed by atoms with Crippen LogP contribution in [0.1, 0.15) is 37.8 Å². The minimum Gasteiger partial charge on any atom is -0.354 e. The largest absolute Gasteiger partial charge is 0.354 e. The lowest BCUT2D eigenvalue weighted by Gasteiger charge is -2.32. The van der Waals surface area contributed by atoms with E-state index in [4.69, 9.17) is 0 Å². The van der Waals surface area contributed by atoms with Gasteiger partial charge in [-0.2, -0.15) is 0 Å². The first-order chi connectivity index (χ1) is 19.9. The Labute approximate surface area is 245 Å². The van der Waals surface area contributed by atoms with Crippen molar-refractivity contribution in [1.82, 2.24) is 10.2 Å². The van der Waals surface area contributed by atoms with E-state index >= 15 is 0 Å². The number of hydrogen-bond acceptors (Lipinski definition) is 4. The topological polar surface area (TPSA) is 86.8 Å². The number of rotatable bonds is 14. The lowest BCUT2D eigenvalue weighted by Crippen LogP contribution is -2.51. The smallest absolute Gasteiger partial charge is 0.243 e. The predicted molar refractivity (Wildman–Crippen MR) is 157 cm³/mol. The van der Waals surface area contributed by atoms with Crippen LogP contribution in [0.5, 0.6) is 0 Å². The van der Waals surface area contributed by atoms with Crippen LogP contribution in [0.25, 0.3) is 0 Å². The monoisotopic (exact) mass is 603 g/mol. The Morgan fingerprint density at radius 3 is 2.17 bits per heavy atom. The number of carbonyl (C=O) groups excluding carboxylic acids is 2. The number of amides is 2. The van der Waals surface area contributed by atoms with Crippen LogP contribution in [0.3, 0.4) is 0 Å². The van der Waals surface area contributed by atoms with Crippen LogP contribution in [0, 0.1) is 23.4 Å². The molecule has 42 heavy (non-hydrogen) atoms. The SMILES string of the molecule is CC(C)CNC(=O)C(Cc1ccccc1)N(Cc1ccccc1F)C(=O)CCCN(c1ccc(F)c(F)c1)S(C)(=O)=O. The summed E-state index contributed by atoms with van der Waals surface area (Å²) >= 11 is 0. The highest BCUT2D eigenvalue weighted by molar-refractivity contribution is 7.92. The summed E-state index contributed by atoms with van der Waals surface area (Å²) in [6, 6.07) is 16.9. The highest BCUT2D eigenvalue weighted by Crippen LogP contribution is 2.22. The van der Waals surface area contributed by atoms with Crippen molar-refractivity contribution in [1.29, 1.82) is 0 Å². The van der Waals surface area contributed by atoms with E-state index < -0.39 is 45.3 Å². The van der Waals surface area contributed by atoms with Crippen molar-refractivity contribution in [2.75, 3.05) is 23.7 Å². The average Bonchev–Trinajstić information content (AvgIpc) is 2.94. The van der Waals surface area contributed by atoms with Crippen LogP contribution >= 0.6 is 0 Å². The van der Waals surface area contributed by atoms with Gasteiger partial charge in [-0.3, -0.25) is 13.9 Å². The standard InChI is InChI=1S/C31H36F3N3O4S/c1-22(2)20-35-31(39)29(18-23-10-5-4-6-11-23)36(21-24-12-7-8-13-26(24)32)30(38)14-9-17-37(42(3,40)41)25-15-16-27(33)28(34)19-25/h4-8,10-13,15-16,19,22,29H,9,14,17-18,20-21H2,1-3H3,(H,35,39). The summed E-state index contributed by atoms with van der Waals surface area (Å²) in [6.07, 6.45) is 0.919. The maximum absolute atomic E-state index is 14.7. The van der Waals surface area contributed by atoms with E-state index in [9.17, 15) is 31.2 Å². The number of anilines is 1. The first kappa shape index (κ1) is 32.7. The fraction of sp³-hybridized carbons (Fsp3) is 0.355. The third-order valence-corrected chi connectivity index (χ3v) is 7.79. The molecule has 3 aromatic rings. The van der Waals surface area contributed by atoms with Crippen molar-refractivity contribution in [2.24, 2.45) is 5.92 Å². The van der Waals surface area contributed by atoms with Crippen LogP contribution in [0.2, 0.25) is 0 Å². The predicted octanol–water partition coefficient (Wildman–Crippen LogP) is 5.06. The Balaban J connectivity index is 1.89. The van der Waals surface area contributed by atoms with Gasteiger partial charge >= 0.3 is 0 Å². The molecule has 0 bridgehead atoms. The molecular formula is C31H36F3N3O4S. The number of benzene rings is 3. The van der Waals surface area contributed by atoms with Crippen LogP contribution < -0.4 is 9.62 Å². The third kappa shape index (κ3) is 9.34. The molecule has 7 nitrogen and oxygen atoms in total. The van der Waals surface area contributed by atoms with Crippen LogP contribution in [-0.4, -0.2) is 50.5 Å². The summed E-state index contributed by atoms with van der Waals surface area (Å²) in [4.78, 5) is 28.5. The highest BCUT2D eigenvalue weighted by Gasteiger charge is 2.31. The van der Waals surface area contributed by atoms with Gasteiger partial charge in [0.1, 0.15) is 11.9 Å². The molecule has 0 aromatic heterocycles. The Hall–Kier alpha value is -3.86. The first-order valence-corrected chi connectivity index (χ1v) is 15.5. The molecule has 1 unspecified atom stereocenters. The number of nitrogens with one attached hydrogen (secondary N) is 1. The Morgan fingerprint density at radius 2 is 1.55 bits per heavy atom. The van der Waals surface area contributed by atoms with Gasteiger partial charge in [-0.15, -0.1) is 0 Å². The number of halogens is 3. The minimum absolute atomic E-state index is 0.00431. The Bertz CT molecular complexity index is 1470. The molecule has 3 rings (SSSR count). The first-order valence-electron chi connectivity index (χ1n) is 13.6. The summed E-state index contributed by atoms with van der Waals surface area (Å²) in [7, 11) is -3.90. The van der Waals surface area contributed by atoms with E-state index in [1.54, 1.807) is 6.07 Å². The normalized spacial score (nSPS) is 12.2. The summed E-state index contributed by atoms with van der Waals surface area (Å²) in [6.45, 7) is 3.87. The molecule has 0 aliphatic rings. The lowest BCUT2D eigenvalue weighted by atomic mass is 10.0. The van der Waals surface area contributed by atoms with Gasteiger partial charge in [0.25, 0.3) is 0 Å². The summed E-state index contributed by atoms with van der Waals surface area (Å²) < 4.78 is 67.9. The van der Waals surface area contributed by atoms with E-state index in [2.05, 4.69) is 5.32 Å². The van der Waals surface area contributed by atoms with E-state index in [-0.39, 0.29) is 49.5 Å². The number of sulfonamides is 1. The second kappa shape index (κ2) is 14.9. The molecule has 0 fully saturated rings. The zero-order valence-electron chi connectivity index (χ0n) is 23.9. The number of nitrogens with zero attached hydrogens (tertiary/aromatic N) is 2. The van der Waals surface area contributed by atoms with E-state index in [1.165, 1.54) is 23.1 Å². The second-order valence-corrected chi connectivity index (χ2v) is 12.4. The minimum atomic E-state index is -3.90. The summed E-state index contributed by atoms with van der Waals surface area (Å²) in [5.41, 5.74) is 0.942. The summed E-state index contributed by atoms with van der Waals surface area (Å²) in [5.74, 6) is -3.58. The van der Waals surface area contributed by atoms with E-state index in [0.717, 1.165) is 34.3 Å². The van der Waals surface area contributed by atoms with Gasteiger partial charge in [0, 0.05) is 44.1 Å². The van der Waals surface area contributed by atoms with E-state index in [0.29, 0.717) is 6.54 Å². The average molecular weight is 604 g/mol. The molecule has 0 saturated heterocycles. The molecule has 0 radical (unpaired) electrons. The molecule has 1 N–H and O–H groups in total. The van der Waals surface area contributed by atoms with Gasteiger partial charge in [0.05, 0.1) is 11.9 Å². The molecule has 1 atom stereocenters. The highest BCUT2D eigenvalue weighted by atomic mass is 32.2. The molecule has 0 spiro atoms. The van der Waals surface area contributed by atoms with Crippen molar-refractivity contribution >= 4 is 27.5 Å². The fourth-order valence-electron chi connectivity index (χ4n) is 4.43. The second-order valence-electron chi connectivity index (χ2n) is 10.5. The third-order valence-electron chi connectivity index (χ3n) is 6.60. The van der Waals surface area contributed by atoms with Crippen molar-refractivity contribution in [2.45, 2.75) is 45.7 Å². The maximum atomic E-state index is 14.7. The molecule has 2 amide bonds. The zero-order valence-corrected chi connectivity index (χ0v) is 24.7. The quantitative estimate of drug-likeness (QED) is 0.279. The summed E-state index contributed by atoms with van der Waals surface area (Å²) in [5, 5.41) is 2.88. The number of carbonyl (C=O) groups is 2. The van der Waals surface area contributed by atoms with Crippen LogP contribution in [-0.2, 0) is 32.6 Å². The zero-order chi connectivity index (χ0) is 30.9. The van der Waals surface area contributed by atoms with Crippen LogP contribution in [0.15, 0.2) is 72.8 Å². The molecule has 0 heterocycles. The maximum Gasteiger partial charge on any atom is 0.243 e.